The Morgan fingerprint density at radius 1 is 1.19 bits per heavy atom. The predicted molar refractivity (Wildman–Crippen MR) is 117 cm³/mol. The predicted octanol–water partition coefficient (Wildman–Crippen LogP) is 2.16. The fraction of sp³-hybridized carbons (Fsp3) is 0.238. The van der Waals surface area contributed by atoms with Crippen LogP contribution in [0.25, 0.3) is 0 Å². The van der Waals surface area contributed by atoms with E-state index in [4.69, 9.17) is 4.74 Å². The summed E-state index contributed by atoms with van der Waals surface area (Å²) in [6.45, 7) is -0.397. The minimum absolute atomic E-state index is 0.0255. The standard InChI is InChI=1S/C21H22FN5O4S/c1-27-19(17(11-28)24-20(30)13-7-9-14(31-2)10-8-13)25-26-21(27)32-12-18(29)23-16-6-4-3-5-15(16)22/h3-10,17,28H,11-12H2,1-2H3,(H,23,29)(H,24,30)/t17-/m1/s1. The fourth-order valence-electron chi connectivity index (χ4n) is 2.81. The molecule has 32 heavy (non-hydrogen) atoms. The Kier molecular flexibility index (Phi) is 7.79. The molecule has 0 aliphatic carbocycles. The number of anilines is 1. The van der Waals surface area contributed by atoms with Gasteiger partial charge in [-0.1, -0.05) is 23.9 Å². The summed E-state index contributed by atoms with van der Waals surface area (Å²) >= 11 is 1.09. The highest BCUT2D eigenvalue weighted by atomic mass is 32.2. The SMILES string of the molecule is COc1ccc(C(=O)N[C@H](CO)c2nnc(SCC(=O)Nc3ccccc3F)n2C)cc1. The Balaban J connectivity index is 1.62. The maximum Gasteiger partial charge on any atom is 0.251 e. The summed E-state index contributed by atoms with van der Waals surface area (Å²) in [5.41, 5.74) is 0.490. The smallest absolute Gasteiger partial charge is 0.251 e. The number of benzene rings is 2. The molecule has 9 nitrogen and oxygen atoms in total. The van der Waals surface area contributed by atoms with Crippen molar-refractivity contribution in [1.82, 2.24) is 20.1 Å². The van der Waals surface area contributed by atoms with Gasteiger partial charge in [-0.25, -0.2) is 4.39 Å². The molecule has 1 aromatic heterocycles. The monoisotopic (exact) mass is 459 g/mol. The van der Waals surface area contributed by atoms with Crippen molar-refractivity contribution < 1.29 is 23.8 Å². The summed E-state index contributed by atoms with van der Waals surface area (Å²) < 4.78 is 20.3. The highest BCUT2D eigenvalue weighted by Crippen LogP contribution is 2.21. The van der Waals surface area contributed by atoms with Crippen LogP contribution >= 0.6 is 11.8 Å². The highest BCUT2D eigenvalue weighted by molar-refractivity contribution is 7.99. The van der Waals surface area contributed by atoms with Gasteiger partial charge in [0, 0.05) is 12.6 Å². The molecule has 0 saturated heterocycles. The molecule has 0 aliphatic heterocycles. The third kappa shape index (κ3) is 5.62. The zero-order chi connectivity index (χ0) is 23.1. The lowest BCUT2D eigenvalue weighted by atomic mass is 10.2. The van der Waals surface area contributed by atoms with E-state index in [0.29, 0.717) is 22.3 Å². The van der Waals surface area contributed by atoms with Gasteiger partial charge in [-0.3, -0.25) is 9.59 Å². The van der Waals surface area contributed by atoms with Crippen LogP contribution in [0.3, 0.4) is 0 Å². The molecule has 3 N–H and O–H groups in total. The van der Waals surface area contributed by atoms with E-state index < -0.39 is 30.3 Å². The molecule has 0 fully saturated rings. The Bertz CT molecular complexity index is 1090. The molecule has 0 saturated carbocycles. The molecular formula is C21H22FN5O4S. The second-order valence-electron chi connectivity index (χ2n) is 6.65. The number of thioether (sulfide) groups is 1. The number of ether oxygens (including phenoxy) is 1. The second-order valence-corrected chi connectivity index (χ2v) is 7.60. The zero-order valence-electron chi connectivity index (χ0n) is 17.4. The maximum absolute atomic E-state index is 13.7. The third-order valence-electron chi connectivity index (χ3n) is 4.50. The van der Waals surface area contributed by atoms with Crippen LogP contribution in [0.15, 0.2) is 53.7 Å². The van der Waals surface area contributed by atoms with Crippen molar-refractivity contribution in [3.63, 3.8) is 0 Å². The Labute approximate surface area is 188 Å². The van der Waals surface area contributed by atoms with Gasteiger partial charge < -0.3 is 25.0 Å². The number of carbonyl (C=O) groups excluding carboxylic acids is 2. The van der Waals surface area contributed by atoms with Gasteiger partial charge in [0.25, 0.3) is 5.91 Å². The van der Waals surface area contributed by atoms with Gasteiger partial charge in [0.2, 0.25) is 5.91 Å². The number of hydrogen-bond acceptors (Lipinski definition) is 7. The van der Waals surface area contributed by atoms with Crippen LogP contribution < -0.4 is 15.4 Å². The van der Waals surface area contributed by atoms with E-state index in [9.17, 15) is 19.1 Å². The van der Waals surface area contributed by atoms with E-state index in [1.54, 1.807) is 41.9 Å². The number of amides is 2. The summed E-state index contributed by atoms with van der Waals surface area (Å²) in [5.74, 6) is -0.405. The second kappa shape index (κ2) is 10.7. The highest BCUT2D eigenvalue weighted by Gasteiger charge is 2.22. The van der Waals surface area contributed by atoms with E-state index in [1.165, 1.54) is 25.3 Å². The Morgan fingerprint density at radius 3 is 2.56 bits per heavy atom. The first kappa shape index (κ1) is 23.2. The van der Waals surface area contributed by atoms with Crippen LogP contribution in [0.1, 0.15) is 22.2 Å². The Morgan fingerprint density at radius 2 is 1.91 bits per heavy atom. The molecule has 3 rings (SSSR count). The van der Waals surface area contributed by atoms with Crippen LogP contribution in [0.4, 0.5) is 10.1 Å². The summed E-state index contributed by atoms with van der Waals surface area (Å²) in [7, 11) is 3.19. The molecule has 1 atom stereocenters. The minimum atomic E-state index is -0.802. The average Bonchev–Trinajstić information content (AvgIpc) is 3.17. The van der Waals surface area contributed by atoms with Crippen molar-refractivity contribution in [2.45, 2.75) is 11.2 Å². The number of para-hydroxylation sites is 1. The molecule has 0 unspecified atom stereocenters. The molecule has 0 aliphatic rings. The van der Waals surface area contributed by atoms with Crippen LogP contribution in [0, 0.1) is 5.82 Å². The maximum atomic E-state index is 13.7. The average molecular weight is 460 g/mol. The summed E-state index contributed by atoms with van der Waals surface area (Å²) in [4.78, 5) is 24.6. The van der Waals surface area contributed by atoms with Crippen molar-refractivity contribution in [2.75, 3.05) is 24.8 Å². The van der Waals surface area contributed by atoms with Crippen LogP contribution in [0.2, 0.25) is 0 Å². The largest absolute Gasteiger partial charge is 0.497 e. The van der Waals surface area contributed by atoms with Gasteiger partial charge in [0.15, 0.2) is 11.0 Å². The van der Waals surface area contributed by atoms with Crippen LogP contribution in [-0.4, -0.2) is 51.2 Å². The molecule has 0 bridgehead atoms. The number of rotatable bonds is 9. The first-order chi connectivity index (χ1) is 15.4. The van der Waals surface area contributed by atoms with Crippen molar-refractivity contribution >= 4 is 29.3 Å². The van der Waals surface area contributed by atoms with E-state index in [-0.39, 0.29) is 11.4 Å². The number of carbonyl (C=O) groups is 2. The lowest BCUT2D eigenvalue weighted by Gasteiger charge is -2.16. The molecule has 3 aromatic rings. The fourth-order valence-corrected chi connectivity index (χ4v) is 3.53. The molecule has 0 radical (unpaired) electrons. The van der Waals surface area contributed by atoms with E-state index in [0.717, 1.165) is 11.8 Å². The number of aliphatic hydroxyl groups is 1. The molecule has 2 amide bonds. The van der Waals surface area contributed by atoms with Crippen molar-refractivity contribution in [3.8, 4) is 5.75 Å². The third-order valence-corrected chi connectivity index (χ3v) is 5.52. The topological polar surface area (TPSA) is 118 Å². The zero-order valence-corrected chi connectivity index (χ0v) is 18.2. The van der Waals surface area contributed by atoms with Gasteiger partial charge in [-0.15, -0.1) is 10.2 Å². The number of halogens is 1. The summed E-state index contributed by atoms with van der Waals surface area (Å²) in [6, 6.07) is 11.6. The number of hydrogen-bond donors (Lipinski definition) is 3. The van der Waals surface area contributed by atoms with Gasteiger partial charge in [0.05, 0.1) is 25.2 Å². The van der Waals surface area contributed by atoms with Gasteiger partial charge in [0.1, 0.15) is 17.6 Å². The summed E-state index contributed by atoms with van der Waals surface area (Å²) in [5, 5.41) is 23.5. The van der Waals surface area contributed by atoms with Gasteiger partial charge >= 0.3 is 0 Å². The minimum Gasteiger partial charge on any atom is -0.497 e. The lowest BCUT2D eigenvalue weighted by Crippen LogP contribution is -2.32. The lowest BCUT2D eigenvalue weighted by molar-refractivity contribution is -0.113. The van der Waals surface area contributed by atoms with Gasteiger partial charge in [-0.05, 0) is 36.4 Å². The first-order valence-electron chi connectivity index (χ1n) is 9.55. The number of nitrogens with one attached hydrogen (secondary N) is 2. The van der Waals surface area contributed by atoms with E-state index >= 15 is 0 Å². The first-order valence-corrected chi connectivity index (χ1v) is 10.5. The van der Waals surface area contributed by atoms with Crippen molar-refractivity contribution in [1.29, 1.82) is 0 Å². The number of aliphatic hydroxyl groups excluding tert-OH is 1. The van der Waals surface area contributed by atoms with Gasteiger partial charge in [-0.2, -0.15) is 0 Å². The van der Waals surface area contributed by atoms with Crippen LogP contribution in [0.5, 0.6) is 5.75 Å². The normalized spacial score (nSPS) is 11.6. The van der Waals surface area contributed by atoms with Crippen molar-refractivity contribution in [3.05, 3.63) is 65.7 Å². The summed E-state index contributed by atoms with van der Waals surface area (Å²) in [6.07, 6.45) is 0. The molecule has 1 heterocycles. The molecule has 2 aromatic carbocycles. The molecular weight excluding hydrogens is 437 g/mol. The molecule has 11 heteroatoms. The molecule has 0 spiro atoms. The van der Waals surface area contributed by atoms with Crippen molar-refractivity contribution in [2.24, 2.45) is 7.05 Å². The number of methoxy groups -OCH3 is 1. The Hall–Kier alpha value is -3.44. The number of aromatic nitrogens is 3. The molecule has 168 valence electrons. The van der Waals surface area contributed by atoms with Crippen LogP contribution in [-0.2, 0) is 11.8 Å². The number of nitrogens with zero attached hydrogens (tertiary/aromatic N) is 3. The van der Waals surface area contributed by atoms with E-state index in [2.05, 4.69) is 20.8 Å². The van der Waals surface area contributed by atoms with E-state index in [1.807, 2.05) is 0 Å². The quantitative estimate of drug-likeness (QED) is 0.420.